The van der Waals surface area contributed by atoms with Gasteiger partial charge in [-0.1, -0.05) is 6.92 Å². The normalized spacial score (nSPS) is 30.7. The molecular weight excluding hydrogens is 168 g/mol. The average molecular weight is 188 g/mol. The van der Waals surface area contributed by atoms with E-state index in [-0.39, 0.29) is 5.60 Å². The maximum atomic E-state index is 9.78. The third-order valence-corrected chi connectivity index (χ3v) is 2.58. The molecule has 3 nitrogen and oxygen atoms in total. The second-order valence-electron chi connectivity index (χ2n) is 3.86. The Morgan fingerprint density at radius 1 is 1.62 bits per heavy atom. The number of aliphatic hydroxyl groups excluding tert-OH is 1. The monoisotopic (exact) mass is 188 g/mol. The molecule has 1 saturated heterocycles. The molecule has 2 atom stereocenters. The van der Waals surface area contributed by atoms with Crippen LogP contribution >= 0.6 is 0 Å². The molecule has 0 bridgehead atoms. The molecule has 78 valence electrons. The molecule has 1 rings (SSSR count). The van der Waals surface area contributed by atoms with E-state index in [4.69, 9.17) is 9.47 Å². The van der Waals surface area contributed by atoms with Gasteiger partial charge in [-0.25, -0.2) is 0 Å². The Kier molecular flexibility index (Phi) is 4.16. The summed E-state index contributed by atoms with van der Waals surface area (Å²) in [5, 5.41) is 9.78. The molecule has 2 unspecified atom stereocenters. The summed E-state index contributed by atoms with van der Waals surface area (Å²) in [6.45, 7) is 5.89. The maximum Gasteiger partial charge on any atom is 0.106 e. The van der Waals surface area contributed by atoms with Crippen molar-refractivity contribution in [2.24, 2.45) is 0 Å². The maximum absolute atomic E-state index is 9.78. The first-order chi connectivity index (χ1) is 6.19. The van der Waals surface area contributed by atoms with E-state index in [1.807, 2.05) is 6.92 Å². The number of hydrogen-bond acceptors (Lipinski definition) is 3. The fourth-order valence-electron chi connectivity index (χ4n) is 1.58. The van der Waals surface area contributed by atoms with E-state index in [1.165, 1.54) is 0 Å². The molecule has 0 radical (unpaired) electrons. The Morgan fingerprint density at radius 3 is 2.92 bits per heavy atom. The number of ether oxygens (including phenoxy) is 2. The minimum absolute atomic E-state index is 0.367. The van der Waals surface area contributed by atoms with Gasteiger partial charge in [0.15, 0.2) is 0 Å². The van der Waals surface area contributed by atoms with E-state index in [0.29, 0.717) is 13.2 Å². The van der Waals surface area contributed by atoms with Crippen LogP contribution in [-0.4, -0.2) is 36.6 Å². The van der Waals surface area contributed by atoms with Crippen molar-refractivity contribution in [3.8, 4) is 0 Å². The third kappa shape index (κ3) is 2.93. The topological polar surface area (TPSA) is 38.7 Å². The fraction of sp³-hybridized carbons (Fsp3) is 1.00. The SMILES string of the molecule is CCCOCC(O)C1(C)CCCO1. The first kappa shape index (κ1) is 11.0. The highest BCUT2D eigenvalue weighted by Crippen LogP contribution is 2.28. The number of rotatable bonds is 5. The van der Waals surface area contributed by atoms with Crippen molar-refractivity contribution < 1.29 is 14.6 Å². The molecule has 0 saturated carbocycles. The van der Waals surface area contributed by atoms with Crippen molar-refractivity contribution in [3.63, 3.8) is 0 Å². The Bertz CT molecular complexity index is 141. The van der Waals surface area contributed by atoms with Gasteiger partial charge in [-0.15, -0.1) is 0 Å². The van der Waals surface area contributed by atoms with Gasteiger partial charge in [-0.3, -0.25) is 0 Å². The van der Waals surface area contributed by atoms with E-state index in [0.717, 1.165) is 25.9 Å². The molecule has 1 aliphatic heterocycles. The van der Waals surface area contributed by atoms with Gasteiger partial charge in [-0.2, -0.15) is 0 Å². The number of hydrogen-bond donors (Lipinski definition) is 1. The van der Waals surface area contributed by atoms with Crippen molar-refractivity contribution in [2.75, 3.05) is 19.8 Å². The van der Waals surface area contributed by atoms with Crippen LogP contribution in [0.25, 0.3) is 0 Å². The molecule has 13 heavy (non-hydrogen) atoms. The summed E-state index contributed by atoms with van der Waals surface area (Å²) in [6.07, 6.45) is 2.48. The minimum Gasteiger partial charge on any atom is -0.388 e. The average Bonchev–Trinajstić information content (AvgIpc) is 2.54. The summed E-state index contributed by atoms with van der Waals surface area (Å²) < 4.78 is 10.8. The third-order valence-electron chi connectivity index (χ3n) is 2.58. The first-order valence-electron chi connectivity index (χ1n) is 5.09. The van der Waals surface area contributed by atoms with Gasteiger partial charge in [0.2, 0.25) is 0 Å². The van der Waals surface area contributed by atoms with Crippen molar-refractivity contribution in [2.45, 2.75) is 44.8 Å². The highest BCUT2D eigenvalue weighted by Gasteiger charge is 2.37. The zero-order chi connectivity index (χ0) is 9.73. The van der Waals surface area contributed by atoms with E-state index >= 15 is 0 Å². The van der Waals surface area contributed by atoms with Crippen LogP contribution in [0.5, 0.6) is 0 Å². The van der Waals surface area contributed by atoms with Gasteiger partial charge in [0.05, 0.1) is 12.2 Å². The quantitative estimate of drug-likeness (QED) is 0.662. The lowest BCUT2D eigenvalue weighted by molar-refractivity contribution is -0.106. The molecule has 1 fully saturated rings. The van der Waals surface area contributed by atoms with Crippen LogP contribution in [0.15, 0.2) is 0 Å². The largest absolute Gasteiger partial charge is 0.388 e. The summed E-state index contributed by atoms with van der Waals surface area (Å²) in [7, 11) is 0. The minimum atomic E-state index is -0.485. The van der Waals surface area contributed by atoms with Crippen LogP contribution in [0.2, 0.25) is 0 Å². The van der Waals surface area contributed by atoms with E-state index < -0.39 is 6.10 Å². The summed E-state index contributed by atoms with van der Waals surface area (Å²) >= 11 is 0. The molecule has 0 aromatic rings. The van der Waals surface area contributed by atoms with Gasteiger partial charge in [0, 0.05) is 13.2 Å². The predicted octanol–water partition coefficient (Wildman–Crippen LogP) is 1.34. The molecule has 1 N–H and O–H groups in total. The van der Waals surface area contributed by atoms with Gasteiger partial charge in [0.25, 0.3) is 0 Å². The second-order valence-corrected chi connectivity index (χ2v) is 3.86. The number of aliphatic hydroxyl groups is 1. The molecule has 0 spiro atoms. The highest BCUT2D eigenvalue weighted by atomic mass is 16.5. The van der Waals surface area contributed by atoms with E-state index in [9.17, 15) is 5.11 Å². The van der Waals surface area contributed by atoms with Crippen molar-refractivity contribution >= 4 is 0 Å². The second kappa shape index (κ2) is 4.94. The van der Waals surface area contributed by atoms with Crippen LogP contribution in [-0.2, 0) is 9.47 Å². The lowest BCUT2D eigenvalue weighted by Crippen LogP contribution is -2.41. The fourth-order valence-corrected chi connectivity index (χ4v) is 1.58. The lowest BCUT2D eigenvalue weighted by Gasteiger charge is -2.28. The molecule has 1 aliphatic rings. The van der Waals surface area contributed by atoms with Gasteiger partial charge >= 0.3 is 0 Å². The Labute approximate surface area is 80.0 Å². The van der Waals surface area contributed by atoms with Crippen molar-refractivity contribution in [3.05, 3.63) is 0 Å². The van der Waals surface area contributed by atoms with Crippen molar-refractivity contribution in [1.29, 1.82) is 0 Å². The zero-order valence-electron chi connectivity index (χ0n) is 8.58. The van der Waals surface area contributed by atoms with E-state index in [2.05, 4.69) is 6.92 Å². The summed E-state index contributed by atoms with van der Waals surface area (Å²) in [6, 6.07) is 0. The summed E-state index contributed by atoms with van der Waals surface area (Å²) in [4.78, 5) is 0. The van der Waals surface area contributed by atoms with Gasteiger partial charge in [-0.05, 0) is 26.2 Å². The summed E-state index contributed by atoms with van der Waals surface area (Å²) in [5.41, 5.74) is -0.367. The Morgan fingerprint density at radius 2 is 2.38 bits per heavy atom. The van der Waals surface area contributed by atoms with Gasteiger partial charge < -0.3 is 14.6 Å². The first-order valence-corrected chi connectivity index (χ1v) is 5.09. The van der Waals surface area contributed by atoms with Crippen molar-refractivity contribution in [1.82, 2.24) is 0 Å². The van der Waals surface area contributed by atoms with Crippen LogP contribution < -0.4 is 0 Å². The highest BCUT2D eigenvalue weighted by molar-refractivity contribution is 4.87. The lowest BCUT2D eigenvalue weighted by atomic mass is 9.96. The molecule has 0 amide bonds. The molecule has 0 aliphatic carbocycles. The van der Waals surface area contributed by atoms with E-state index in [1.54, 1.807) is 0 Å². The predicted molar refractivity (Wildman–Crippen MR) is 50.7 cm³/mol. The van der Waals surface area contributed by atoms with Crippen LogP contribution in [0.4, 0.5) is 0 Å². The van der Waals surface area contributed by atoms with Gasteiger partial charge in [0.1, 0.15) is 6.10 Å². The molecule has 1 heterocycles. The molecular formula is C10H20O3. The molecule has 3 heteroatoms. The van der Waals surface area contributed by atoms with Crippen LogP contribution in [0.1, 0.15) is 33.1 Å². The molecule has 0 aromatic carbocycles. The molecule has 0 aromatic heterocycles. The zero-order valence-corrected chi connectivity index (χ0v) is 8.58. The summed E-state index contributed by atoms with van der Waals surface area (Å²) in [5.74, 6) is 0. The standard InChI is InChI=1S/C10H20O3/c1-3-6-12-8-9(11)10(2)5-4-7-13-10/h9,11H,3-8H2,1-2H3. The Hall–Kier alpha value is -0.120. The smallest absolute Gasteiger partial charge is 0.106 e. The Balaban J connectivity index is 2.24. The van der Waals surface area contributed by atoms with Crippen LogP contribution in [0.3, 0.4) is 0 Å². The van der Waals surface area contributed by atoms with Crippen LogP contribution in [0, 0.1) is 0 Å².